The van der Waals surface area contributed by atoms with Gasteiger partial charge in [0.1, 0.15) is 0 Å². The lowest BCUT2D eigenvalue weighted by Crippen LogP contribution is -2.23. The van der Waals surface area contributed by atoms with Gasteiger partial charge in [0.25, 0.3) is 5.91 Å². The maximum absolute atomic E-state index is 12.5. The predicted octanol–water partition coefficient (Wildman–Crippen LogP) is 2.32. The van der Waals surface area contributed by atoms with Crippen LogP contribution in [0.4, 0.5) is 5.69 Å². The van der Waals surface area contributed by atoms with Crippen LogP contribution < -0.4 is 24.2 Å². The number of carbonyl (C=O) groups excluding carboxylic acids is 1. The van der Waals surface area contributed by atoms with E-state index in [0.717, 1.165) is 11.8 Å². The Balaban J connectivity index is 2.15. The summed E-state index contributed by atoms with van der Waals surface area (Å²) in [5, 5.41) is 2.82. The molecule has 0 aliphatic rings. The lowest BCUT2D eigenvalue weighted by Gasteiger charge is -2.15. The Morgan fingerprint density at radius 2 is 1.61 bits per heavy atom. The maximum Gasteiger partial charge on any atom is 0.251 e. The van der Waals surface area contributed by atoms with Crippen LogP contribution in [-0.2, 0) is 16.6 Å². The summed E-state index contributed by atoms with van der Waals surface area (Å²) in [6, 6.07) is 8.26. The first kappa shape index (κ1) is 21.4. The van der Waals surface area contributed by atoms with E-state index < -0.39 is 10.0 Å². The van der Waals surface area contributed by atoms with Gasteiger partial charge in [-0.05, 0) is 48.4 Å². The molecular weight excluding hydrogens is 384 g/mol. The molecule has 0 atom stereocenters. The van der Waals surface area contributed by atoms with E-state index in [0.29, 0.717) is 34.1 Å². The molecule has 152 valence electrons. The Morgan fingerprint density at radius 1 is 1.00 bits per heavy atom. The zero-order valence-electron chi connectivity index (χ0n) is 16.5. The average Bonchev–Trinajstić information content (AvgIpc) is 2.65. The Bertz CT molecular complexity index is 947. The first-order valence-corrected chi connectivity index (χ1v) is 10.2. The molecule has 9 heteroatoms. The summed E-state index contributed by atoms with van der Waals surface area (Å²) in [7, 11) is 1.18. The molecule has 0 aliphatic heterocycles. The van der Waals surface area contributed by atoms with Crippen LogP contribution in [-0.4, -0.2) is 41.9 Å². The number of anilines is 1. The van der Waals surface area contributed by atoms with Gasteiger partial charge in [-0.3, -0.25) is 9.52 Å². The SMILES string of the molecule is COc1cc(CNC(=O)c2ccc(NS(C)(=O)=O)c(C)c2)cc(OC)c1OC. The van der Waals surface area contributed by atoms with Crippen LogP contribution in [0, 0.1) is 6.92 Å². The molecule has 0 saturated heterocycles. The zero-order valence-corrected chi connectivity index (χ0v) is 17.3. The number of hydrogen-bond donors (Lipinski definition) is 2. The number of ether oxygens (including phenoxy) is 3. The van der Waals surface area contributed by atoms with Crippen molar-refractivity contribution in [3.63, 3.8) is 0 Å². The summed E-state index contributed by atoms with van der Waals surface area (Å²) in [5.74, 6) is 1.18. The quantitative estimate of drug-likeness (QED) is 0.695. The average molecular weight is 408 g/mol. The van der Waals surface area contributed by atoms with E-state index in [1.165, 1.54) is 21.3 Å². The van der Waals surface area contributed by atoms with Crippen molar-refractivity contribution in [2.45, 2.75) is 13.5 Å². The Morgan fingerprint density at radius 3 is 2.07 bits per heavy atom. The fourth-order valence-electron chi connectivity index (χ4n) is 2.64. The lowest BCUT2D eigenvalue weighted by molar-refractivity contribution is 0.0950. The molecule has 28 heavy (non-hydrogen) atoms. The van der Waals surface area contributed by atoms with Gasteiger partial charge in [0, 0.05) is 12.1 Å². The maximum atomic E-state index is 12.5. The molecule has 2 N–H and O–H groups in total. The first-order chi connectivity index (χ1) is 13.2. The van der Waals surface area contributed by atoms with Gasteiger partial charge in [-0.25, -0.2) is 8.42 Å². The third-order valence-electron chi connectivity index (χ3n) is 3.96. The molecule has 0 fully saturated rings. The summed E-state index contributed by atoms with van der Waals surface area (Å²) in [4.78, 5) is 12.5. The van der Waals surface area contributed by atoms with Crippen molar-refractivity contribution in [1.29, 1.82) is 0 Å². The van der Waals surface area contributed by atoms with Gasteiger partial charge >= 0.3 is 0 Å². The highest BCUT2D eigenvalue weighted by molar-refractivity contribution is 7.92. The molecule has 0 heterocycles. The van der Waals surface area contributed by atoms with E-state index in [2.05, 4.69) is 10.0 Å². The van der Waals surface area contributed by atoms with E-state index in [1.54, 1.807) is 37.3 Å². The monoisotopic (exact) mass is 408 g/mol. The molecule has 0 bridgehead atoms. The molecule has 0 radical (unpaired) electrons. The number of nitrogens with one attached hydrogen (secondary N) is 2. The van der Waals surface area contributed by atoms with Crippen LogP contribution >= 0.6 is 0 Å². The Hall–Kier alpha value is -2.94. The van der Waals surface area contributed by atoms with Gasteiger partial charge in [0.2, 0.25) is 15.8 Å². The standard InChI is InChI=1S/C19H24N2O6S/c1-12-8-14(6-7-15(12)21-28(5,23)24)19(22)20-11-13-9-16(25-2)18(27-4)17(10-13)26-3/h6-10,21H,11H2,1-5H3,(H,20,22). The molecule has 0 saturated carbocycles. The van der Waals surface area contributed by atoms with E-state index in [1.807, 2.05) is 0 Å². The number of methoxy groups -OCH3 is 3. The number of rotatable bonds is 8. The second kappa shape index (κ2) is 8.83. The van der Waals surface area contributed by atoms with Gasteiger partial charge in [-0.1, -0.05) is 0 Å². The smallest absolute Gasteiger partial charge is 0.251 e. The lowest BCUT2D eigenvalue weighted by atomic mass is 10.1. The summed E-state index contributed by atoms with van der Waals surface area (Å²) in [6.07, 6.45) is 1.07. The van der Waals surface area contributed by atoms with Crippen molar-refractivity contribution in [1.82, 2.24) is 5.32 Å². The fourth-order valence-corrected chi connectivity index (χ4v) is 3.27. The highest BCUT2D eigenvalue weighted by Crippen LogP contribution is 2.38. The van der Waals surface area contributed by atoms with Gasteiger partial charge in [-0.15, -0.1) is 0 Å². The summed E-state index contributed by atoms with van der Waals surface area (Å²) < 4.78 is 41.0. The van der Waals surface area contributed by atoms with Crippen molar-refractivity contribution in [3.05, 3.63) is 47.0 Å². The second-order valence-electron chi connectivity index (χ2n) is 6.12. The van der Waals surface area contributed by atoms with E-state index in [4.69, 9.17) is 14.2 Å². The number of benzene rings is 2. The summed E-state index contributed by atoms with van der Waals surface area (Å²) in [6.45, 7) is 1.97. The van der Waals surface area contributed by atoms with E-state index in [-0.39, 0.29) is 12.5 Å². The van der Waals surface area contributed by atoms with Crippen LogP contribution in [0.3, 0.4) is 0 Å². The predicted molar refractivity (Wildman–Crippen MR) is 107 cm³/mol. The van der Waals surface area contributed by atoms with Crippen molar-refractivity contribution in [3.8, 4) is 17.2 Å². The molecule has 1 amide bonds. The van der Waals surface area contributed by atoms with Gasteiger partial charge in [-0.2, -0.15) is 0 Å². The molecule has 2 aromatic rings. The van der Waals surface area contributed by atoms with Crippen molar-refractivity contribution in [2.24, 2.45) is 0 Å². The summed E-state index contributed by atoms with van der Waals surface area (Å²) >= 11 is 0. The van der Waals surface area contributed by atoms with Crippen LogP contribution in [0.1, 0.15) is 21.5 Å². The van der Waals surface area contributed by atoms with Crippen molar-refractivity contribution in [2.75, 3.05) is 32.3 Å². The minimum Gasteiger partial charge on any atom is -0.493 e. The Kier molecular flexibility index (Phi) is 6.74. The third-order valence-corrected chi connectivity index (χ3v) is 4.55. The van der Waals surface area contributed by atoms with Crippen LogP contribution in [0.15, 0.2) is 30.3 Å². The molecule has 0 aromatic heterocycles. The zero-order chi connectivity index (χ0) is 20.9. The molecule has 0 unspecified atom stereocenters. The highest BCUT2D eigenvalue weighted by Gasteiger charge is 2.14. The summed E-state index contributed by atoms with van der Waals surface area (Å²) in [5.41, 5.74) is 2.27. The van der Waals surface area contributed by atoms with E-state index in [9.17, 15) is 13.2 Å². The second-order valence-corrected chi connectivity index (χ2v) is 7.87. The van der Waals surface area contributed by atoms with E-state index >= 15 is 0 Å². The number of amides is 1. The van der Waals surface area contributed by atoms with Gasteiger partial charge in [0.05, 0.1) is 33.3 Å². The van der Waals surface area contributed by atoms with Gasteiger partial charge in [0.15, 0.2) is 11.5 Å². The fraction of sp³-hybridized carbons (Fsp3) is 0.316. The topological polar surface area (TPSA) is 103 Å². The molecule has 2 rings (SSSR count). The molecule has 2 aromatic carbocycles. The molecule has 8 nitrogen and oxygen atoms in total. The van der Waals surface area contributed by atoms with Crippen molar-refractivity contribution >= 4 is 21.6 Å². The molecule has 0 spiro atoms. The van der Waals surface area contributed by atoms with Crippen molar-refractivity contribution < 1.29 is 27.4 Å². The Labute approximate surface area is 164 Å². The third kappa shape index (κ3) is 5.29. The van der Waals surface area contributed by atoms with Crippen LogP contribution in [0.25, 0.3) is 0 Å². The number of sulfonamides is 1. The highest BCUT2D eigenvalue weighted by atomic mass is 32.2. The molecular formula is C19H24N2O6S. The number of aryl methyl sites for hydroxylation is 1. The number of hydrogen-bond acceptors (Lipinski definition) is 6. The van der Waals surface area contributed by atoms with Crippen LogP contribution in [0.2, 0.25) is 0 Å². The van der Waals surface area contributed by atoms with Crippen LogP contribution in [0.5, 0.6) is 17.2 Å². The molecule has 0 aliphatic carbocycles. The minimum atomic E-state index is -3.38. The number of carbonyl (C=O) groups is 1. The first-order valence-electron chi connectivity index (χ1n) is 8.34. The normalized spacial score (nSPS) is 10.9. The minimum absolute atomic E-state index is 0.248. The largest absolute Gasteiger partial charge is 0.493 e. The van der Waals surface area contributed by atoms with Gasteiger partial charge < -0.3 is 19.5 Å².